The van der Waals surface area contributed by atoms with Gasteiger partial charge in [-0.25, -0.2) is 9.78 Å². The van der Waals surface area contributed by atoms with E-state index in [0.717, 1.165) is 42.3 Å². The summed E-state index contributed by atoms with van der Waals surface area (Å²) in [5, 5.41) is 3.69. The Labute approximate surface area is 189 Å². The second kappa shape index (κ2) is 9.32. The monoisotopic (exact) mass is 463 g/mol. The third-order valence-electron chi connectivity index (χ3n) is 6.43. The summed E-state index contributed by atoms with van der Waals surface area (Å²) in [5.41, 5.74) is 0.180. The molecule has 7 nitrogen and oxygen atoms in total. The number of hydrogen-bond acceptors (Lipinski definition) is 7. The van der Waals surface area contributed by atoms with Gasteiger partial charge in [0, 0.05) is 4.88 Å². The van der Waals surface area contributed by atoms with E-state index in [-0.39, 0.29) is 23.2 Å². The Hall–Kier alpha value is -1.87. The molecule has 1 saturated carbocycles. The van der Waals surface area contributed by atoms with E-state index >= 15 is 0 Å². The van der Waals surface area contributed by atoms with Crippen LogP contribution in [0.3, 0.4) is 0 Å². The second-order valence-electron chi connectivity index (χ2n) is 8.70. The lowest BCUT2D eigenvalue weighted by Gasteiger charge is -2.37. The van der Waals surface area contributed by atoms with Crippen LogP contribution in [0.4, 0.5) is 0 Å². The van der Waals surface area contributed by atoms with Crippen LogP contribution >= 0.6 is 23.1 Å². The number of aryl methyl sites for hydroxylation is 2. The van der Waals surface area contributed by atoms with Crippen LogP contribution in [0.25, 0.3) is 10.2 Å². The molecular weight excluding hydrogens is 434 g/mol. The van der Waals surface area contributed by atoms with Gasteiger partial charge in [0.15, 0.2) is 0 Å². The Morgan fingerprint density at radius 3 is 2.77 bits per heavy atom. The van der Waals surface area contributed by atoms with Gasteiger partial charge in [0.2, 0.25) is 5.91 Å². The number of nitrogens with zero attached hydrogens (tertiary/aromatic N) is 1. The number of amides is 1. The number of thiophene rings is 1. The van der Waals surface area contributed by atoms with Crippen molar-refractivity contribution in [2.75, 3.05) is 12.9 Å². The summed E-state index contributed by atoms with van der Waals surface area (Å²) in [6, 6.07) is 0. The summed E-state index contributed by atoms with van der Waals surface area (Å²) < 4.78 is 4.98. The van der Waals surface area contributed by atoms with Crippen LogP contribution in [-0.4, -0.2) is 40.2 Å². The summed E-state index contributed by atoms with van der Waals surface area (Å²) in [6.07, 6.45) is 7.25. The number of carbonyl (C=O) groups excluding carboxylic acids is 2. The zero-order valence-corrected chi connectivity index (χ0v) is 19.7. The van der Waals surface area contributed by atoms with Gasteiger partial charge in [0.25, 0.3) is 5.56 Å². The molecule has 2 N–H and O–H groups in total. The molecule has 2 aliphatic rings. The van der Waals surface area contributed by atoms with Crippen molar-refractivity contribution in [3.8, 4) is 0 Å². The first-order chi connectivity index (χ1) is 14.9. The number of H-pyrrole nitrogens is 1. The first-order valence-corrected chi connectivity index (χ1v) is 12.9. The van der Waals surface area contributed by atoms with Crippen molar-refractivity contribution in [2.24, 2.45) is 5.92 Å². The molecule has 1 fully saturated rings. The number of methoxy groups -OCH3 is 1. The van der Waals surface area contributed by atoms with Crippen molar-refractivity contribution >= 4 is 45.2 Å². The van der Waals surface area contributed by atoms with E-state index in [2.05, 4.69) is 22.2 Å². The van der Waals surface area contributed by atoms with E-state index < -0.39 is 5.54 Å². The van der Waals surface area contributed by atoms with Crippen molar-refractivity contribution < 1.29 is 14.3 Å². The van der Waals surface area contributed by atoms with E-state index in [1.807, 2.05) is 0 Å². The number of aromatic nitrogens is 2. The molecule has 0 radical (unpaired) electrons. The molecule has 4 rings (SSSR count). The molecule has 9 heteroatoms. The number of carbonyl (C=O) groups is 2. The maximum absolute atomic E-state index is 12.6. The average molecular weight is 464 g/mol. The van der Waals surface area contributed by atoms with Crippen LogP contribution in [0.2, 0.25) is 0 Å². The van der Waals surface area contributed by atoms with Crippen LogP contribution in [0, 0.1) is 5.92 Å². The molecule has 0 atom stereocenters. The number of esters is 1. The van der Waals surface area contributed by atoms with Crippen LogP contribution in [0.1, 0.15) is 61.7 Å². The fraction of sp³-hybridized carbons (Fsp3) is 0.636. The van der Waals surface area contributed by atoms with Gasteiger partial charge in [-0.05, 0) is 62.8 Å². The van der Waals surface area contributed by atoms with Gasteiger partial charge in [-0.15, -0.1) is 23.1 Å². The van der Waals surface area contributed by atoms with Gasteiger partial charge < -0.3 is 15.0 Å². The molecule has 2 aromatic heterocycles. The molecule has 2 heterocycles. The van der Waals surface area contributed by atoms with E-state index in [4.69, 9.17) is 4.74 Å². The van der Waals surface area contributed by atoms with Gasteiger partial charge in [-0.3, -0.25) is 9.59 Å². The van der Waals surface area contributed by atoms with Crippen LogP contribution in [0.5, 0.6) is 0 Å². The summed E-state index contributed by atoms with van der Waals surface area (Å²) in [4.78, 5) is 47.3. The Balaban J connectivity index is 1.38. The molecule has 168 valence electrons. The predicted molar refractivity (Wildman–Crippen MR) is 124 cm³/mol. The van der Waals surface area contributed by atoms with Crippen LogP contribution < -0.4 is 10.9 Å². The number of rotatable bonds is 6. The zero-order chi connectivity index (χ0) is 22.0. The molecule has 0 aromatic carbocycles. The van der Waals surface area contributed by atoms with Crippen molar-refractivity contribution in [3.05, 3.63) is 26.6 Å². The van der Waals surface area contributed by atoms with Crippen molar-refractivity contribution in [3.63, 3.8) is 0 Å². The van der Waals surface area contributed by atoms with Crippen molar-refractivity contribution in [1.82, 2.24) is 15.3 Å². The fourth-order valence-corrected chi connectivity index (χ4v) is 6.62. The van der Waals surface area contributed by atoms with Crippen LogP contribution in [0.15, 0.2) is 4.79 Å². The van der Waals surface area contributed by atoms with Gasteiger partial charge in [-0.1, -0.05) is 6.92 Å². The molecular formula is C22H29N3O4S2. The smallest absolute Gasteiger partial charge is 0.331 e. The quantitative estimate of drug-likeness (QED) is 0.637. The van der Waals surface area contributed by atoms with E-state index in [1.165, 1.54) is 35.7 Å². The number of hydrogen-bond donors (Lipinski definition) is 2. The molecule has 0 aliphatic heterocycles. The molecule has 2 aliphatic carbocycles. The fourth-order valence-electron chi connectivity index (χ4n) is 4.65. The van der Waals surface area contributed by atoms with E-state index in [0.29, 0.717) is 30.3 Å². The Kier molecular flexibility index (Phi) is 6.71. The topological polar surface area (TPSA) is 101 Å². The lowest BCUT2D eigenvalue weighted by Crippen LogP contribution is -2.57. The average Bonchev–Trinajstić information content (AvgIpc) is 3.13. The number of ether oxygens (including phenoxy) is 1. The Morgan fingerprint density at radius 2 is 2.03 bits per heavy atom. The van der Waals surface area contributed by atoms with Gasteiger partial charge in [0.05, 0.1) is 24.0 Å². The zero-order valence-electron chi connectivity index (χ0n) is 18.0. The molecule has 31 heavy (non-hydrogen) atoms. The van der Waals surface area contributed by atoms with Crippen LogP contribution in [-0.2, 0) is 32.9 Å². The van der Waals surface area contributed by atoms with Gasteiger partial charge >= 0.3 is 5.97 Å². The van der Waals surface area contributed by atoms with E-state index in [1.54, 1.807) is 11.3 Å². The molecule has 0 saturated heterocycles. The number of aromatic amines is 1. The Bertz CT molecular complexity index is 1040. The second-order valence-corrected chi connectivity index (χ2v) is 10.8. The first kappa shape index (κ1) is 22.3. The van der Waals surface area contributed by atoms with E-state index in [9.17, 15) is 14.4 Å². The summed E-state index contributed by atoms with van der Waals surface area (Å²) in [5.74, 6) is 1.20. The maximum atomic E-state index is 12.6. The number of fused-ring (bicyclic) bond motifs is 3. The minimum absolute atomic E-state index is 0.0783. The van der Waals surface area contributed by atoms with Gasteiger partial charge in [0.1, 0.15) is 16.2 Å². The van der Waals surface area contributed by atoms with Crippen molar-refractivity contribution in [1.29, 1.82) is 0 Å². The highest BCUT2D eigenvalue weighted by molar-refractivity contribution is 7.99. The molecule has 1 amide bonds. The molecule has 0 bridgehead atoms. The maximum Gasteiger partial charge on any atom is 0.331 e. The molecule has 2 aromatic rings. The normalized spacial score (nSPS) is 23.4. The number of thioether (sulfide) groups is 1. The third kappa shape index (κ3) is 4.67. The largest absolute Gasteiger partial charge is 0.467 e. The first-order valence-electron chi connectivity index (χ1n) is 10.9. The lowest BCUT2D eigenvalue weighted by atomic mass is 9.77. The minimum atomic E-state index is -0.916. The highest BCUT2D eigenvalue weighted by atomic mass is 32.2. The Morgan fingerprint density at radius 1 is 1.29 bits per heavy atom. The molecule has 0 unspecified atom stereocenters. The highest BCUT2D eigenvalue weighted by Crippen LogP contribution is 2.34. The van der Waals surface area contributed by atoms with Crippen molar-refractivity contribution in [2.45, 2.75) is 69.6 Å². The summed E-state index contributed by atoms with van der Waals surface area (Å²) in [6.45, 7) is 2.16. The molecule has 0 spiro atoms. The van der Waals surface area contributed by atoms with Gasteiger partial charge in [-0.2, -0.15) is 0 Å². The third-order valence-corrected chi connectivity index (χ3v) is 8.56. The highest BCUT2D eigenvalue weighted by Gasteiger charge is 2.43. The minimum Gasteiger partial charge on any atom is -0.467 e. The summed E-state index contributed by atoms with van der Waals surface area (Å²) in [7, 11) is 1.36. The SMILES string of the molecule is COC(=O)C1(NC(=O)CSCc2nc3sc4c(c3c(=O)[nH]2)CCCC4)CCC(C)CC1. The summed E-state index contributed by atoms with van der Waals surface area (Å²) >= 11 is 3.01. The predicted octanol–water partition coefficient (Wildman–Crippen LogP) is 3.33. The lowest BCUT2D eigenvalue weighted by molar-refractivity contribution is -0.152. The standard InChI is InChI=1S/C22H29N3O4S2/c1-13-7-9-22(10-8-13,21(28)29-2)25-17(26)12-30-11-16-23-19(27)18-14-5-3-4-6-15(14)31-20(18)24-16/h13H,3-12H2,1-2H3,(H,25,26)(H,23,24,27). The number of nitrogens with one attached hydrogen (secondary N) is 2.